The molecule has 2 aromatic rings. The van der Waals surface area contributed by atoms with Crippen LogP contribution in [0.3, 0.4) is 0 Å². The molecule has 3 N–H and O–H groups in total. The predicted octanol–water partition coefficient (Wildman–Crippen LogP) is 2.87. The lowest BCUT2D eigenvalue weighted by Crippen LogP contribution is -2.49. The van der Waals surface area contributed by atoms with Crippen molar-refractivity contribution in [2.75, 3.05) is 0 Å². The lowest BCUT2D eigenvalue weighted by molar-refractivity contribution is -0.137. The van der Waals surface area contributed by atoms with Crippen molar-refractivity contribution >= 4 is 35.5 Å². The van der Waals surface area contributed by atoms with Crippen LogP contribution in [0.1, 0.15) is 49.9 Å². The van der Waals surface area contributed by atoms with E-state index in [0.29, 0.717) is 0 Å². The maximum atomic E-state index is 13.2. The van der Waals surface area contributed by atoms with Crippen LogP contribution in [-0.2, 0) is 24.0 Å². The van der Waals surface area contributed by atoms with Gasteiger partial charge in [0.2, 0.25) is 23.6 Å². The Balaban J connectivity index is 1.74. The highest BCUT2D eigenvalue weighted by Crippen LogP contribution is 2.24. The van der Waals surface area contributed by atoms with Gasteiger partial charge in [-0.05, 0) is 30.0 Å². The Morgan fingerprint density at radius 1 is 0.946 bits per heavy atom. The number of carbonyl (C=O) groups excluding carboxylic acids is 5. The van der Waals surface area contributed by atoms with Gasteiger partial charge in [0.05, 0.1) is 24.4 Å². The van der Waals surface area contributed by atoms with Gasteiger partial charge in [-0.1, -0.05) is 80.9 Å². The number of hydrogen-bond acceptors (Lipinski definition) is 5. The summed E-state index contributed by atoms with van der Waals surface area (Å²) in [7, 11) is 0. The average molecular weight is 504 g/mol. The second kappa shape index (κ2) is 12.3. The molecular formula is C29H33N3O5. The van der Waals surface area contributed by atoms with Gasteiger partial charge in [-0.2, -0.15) is 0 Å². The zero-order valence-electron chi connectivity index (χ0n) is 21.5. The van der Waals surface area contributed by atoms with Crippen LogP contribution in [0, 0.1) is 24.7 Å². The van der Waals surface area contributed by atoms with Gasteiger partial charge in [0, 0.05) is 6.08 Å². The van der Waals surface area contributed by atoms with Crippen molar-refractivity contribution in [2.45, 2.75) is 46.2 Å². The fraction of sp³-hybridized carbons (Fsp3) is 0.345. The molecule has 0 spiro atoms. The average Bonchev–Trinajstić information content (AvgIpc) is 3.12. The van der Waals surface area contributed by atoms with Gasteiger partial charge in [-0.15, -0.1) is 0 Å². The van der Waals surface area contributed by atoms with Crippen LogP contribution in [0.15, 0.2) is 60.7 Å². The van der Waals surface area contributed by atoms with E-state index < -0.39 is 47.4 Å². The number of benzene rings is 2. The second-order valence-corrected chi connectivity index (χ2v) is 9.73. The molecule has 4 atom stereocenters. The Morgan fingerprint density at radius 3 is 2.16 bits per heavy atom. The number of ketones is 1. The molecule has 0 aromatic heterocycles. The molecule has 0 radical (unpaired) electrons. The summed E-state index contributed by atoms with van der Waals surface area (Å²) in [6.45, 7) is 6.98. The lowest BCUT2D eigenvalue weighted by Gasteiger charge is -2.26. The van der Waals surface area contributed by atoms with Gasteiger partial charge in [0.25, 0.3) is 0 Å². The van der Waals surface area contributed by atoms with Gasteiger partial charge in [-0.3, -0.25) is 29.3 Å². The van der Waals surface area contributed by atoms with Crippen molar-refractivity contribution < 1.29 is 24.0 Å². The number of nitrogens with one attached hydrogen (secondary N) is 3. The van der Waals surface area contributed by atoms with E-state index in [9.17, 15) is 24.0 Å². The zero-order chi connectivity index (χ0) is 27.1. The molecule has 1 fully saturated rings. The van der Waals surface area contributed by atoms with Crippen LogP contribution in [0.2, 0.25) is 0 Å². The third-order valence-electron chi connectivity index (χ3n) is 6.45. The van der Waals surface area contributed by atoms with Crippen molar-refractivity contribution in [3.8, 4) is 0 Å². The minimum absolute atomic E-state index is 0.115. The third kappa shape index (κ3) is 7.22. The standard InChI is InChI=1S/C29H33N3O5/c1-17(2)26(27(35)25-19(4)28(36)32-29(25)37)31-24(34)16-22(21-13-10-18(3)11-14-21)30-23(33)15-12-20-8-6-5-7-9-20/h5-15,17,19,22,25-26H,16H2,1-4H3,(H,30,33)(H,31,34)(H,32,36,37)/b15-12+/t19-,22?,25+,26-/m0/s1. The molecule has 8 heteroatoms. The molecule has 1 heterocycles. The topological polar surface area (TPSA) is 121 Å². The largest absolute Gasteiger partial charge is 0.346 e. The molecule has 0 bridgehead atoms. The van der Waals surface area contributed by atoms with E-state index in [1.54, 1.807) is 19.9 Å². The molecule has 37 heavy (non-hydrogen) atoms. The Kier molecular flexibility index (Phi) is 9.11. The molecule has 2 aromatic carbocycles. The quantitative estimate of drug-likeness (QED) is 0.262. The van der Waals surface area contributed by atoms with Gasteiger partial charge in [0.15, 0.2) is 5.78 Å². The van der Waals surface area contributed by atoms with Crippen LogP contribution in [0.5, 0.6) is 0 Å². The molecule has 8 nitrogen and oxygen atoms in total. The van der Waals surface area contributed by atoms with Crippen molar-refractivity contribution in [1.82, 2.24) is 16.0 Å². The Labute approximate surface area is 216 Å². The number of aryl methyl sites for hydroxylation is 1. The normalized spacial score (nSPS) is 18.9. The number of imide groups is 1. The fourth-order valence-corrected chi connectivity index (χ4v) is 4.25. The summed E-state index contributed by atoms with van der Waals surface area (Å²) in [5, 5.41) is 7.81. The van der Waals surface area contributed by atoms with Crippen LogP contribution in [0.4, 0.5) is 0 Å². The van der Waals surface area contributed by atoms with Gasteiger partial charge >= 0.3 is 0 Å². The van der Waals surface area contributed by atoms with E-state index in [2.05, 4.69) is 16.0 Å². The van der Waals surface area contributed by atoms with Crippen LogP contribution in [0.25, 0.3) is 6.08 Å². The van der Waals surface area contributed by atoms with Gasteiger partial charge in [0.1, 0.15) is 5.92 Å². The minimum atomic E-state index is -1.14. The SMILES string of the molecule is Cc1ccc(C(CC(=O)N[C@H](C(=O)[C@@H]2C(=O)NC(=O)[C@H]2C)C(C)C)NC(=O)/C=C/c2ccccc2)cc1. The smallest absolute Gasteiger partial charge is 0.244 e. The molecule has 1 saturated heterocycles. The minimum Gasteiger partial charge on any atom is -0.346 e. The first-order chi connectivity index (χ1) is 17.6. The number of carbonyl (C=O) groups is 5. The maximum Gasteiger partial charge on any atom is 0.244 e. The van der Waals surface area contributed by atoms with E-state index in [0.717, 1.165) is 16.7 Å². The van der Waals surface area contributed by atoms with E-state index in [1.807, 2.05) is 61.5 Å². The fourth-order valence-electron chi connectivity index (χ4n) is 4.25. The van der Waals surface area contributed by atoms with Crippen LogP contribution in [-0.4, -0.2) is 35.5 Å². The van der Waals surface area contributed by atoms with Crippen LogP contribution >= 0.6 is 0 Å². The highest BCUT2D eigenvalue weighted by Gasteiger charge is 2.46. The Bertz CT molecular complexity index is 1190. The third-order valence-corrected chi connectivity index (χ3v) is 6.45. The first-order valence-corrected chi connectivity index (χ1v) is 12.3. The second-order valence-electron chi connectivity index (χ2n) is 9.73. The van der Waals surface area contributed by atoms with Crippen molar-refractivity contribution in [1.29, 1.82) is 0 Å². The summed E-state index contributed by atoms with van der Waals surface area (Å²) >= 11 is 0. The van der Waals surface area contributed by atoms with Crippen molar-refractivity contribution in [3.05, 3.63) is 77.4 Å². The number of rotatable bonds is 10. The van der Waals surface area contributed by atoms with Crippen molar-refractivity contribution in [2.24, 2.45) is 17.8 Å². The first-order valence-electron chi connectivity index (χ1n) is 12.3. The summed E-state index contributed by atoms with van der Waals surface area (Å²) in [6.07, 6.45) is 2.98. The molecule has 4 amide bonds. The molecule has 194 valence electrons. The van der Waals surface area contributed by atoms with E-state index >= 15 is 0 Å². The Morgan fingerprint density at radius 2 is 1.59 bits per heavy atom. The highest BCUT2D eigenvalue weighted by molar-refractivity contribution is 6.16. The molecular weight excluding hydrogens is 470 g/mol. The number of hydrogen-bond donors (Lipinski definition) is 3. The van der Waals surface area contributed by atoms with E-state index in [1.165, 1.54) is 13.0 Å². The zero-order valence-corrected chi connectivity index (χ0v) is 21.5. The summed E-state index contributed by atoms with van der Waals surface area (Å²) in [4.78, 5) is 63.1. The maximum absolute atomic E-state index is 13.2. The monoisotopic (exact) mass is 503 g/mol. The first kappa shape index (κ1) is 27.5. The van der Waals surface area contributed by atoms with Gasteiger partial charge < -0.3 is 10.6 Å². The summed E-state index contributed by atoms with van der Waals surface area (Å²) in [5.41, 5.74) is 2.64. The molecule has 1 aliphatic rings. The predicted molar refractivity (Wildman–Crippen MR) is 140 cm³/mol. The molecule has 3 rings (SSSR count). The van der Waals surface area contributed by atoms with E-state index in [-0.39, 0.29) is 18.2 Å². The highest BCUT2D eigenvalue weighted by atomic mass is 16.2. The summed E-state index contributed by atoms with van der Waals surface area (Å²) in [5.74, 6) is -4.71. The molecule has 1 unspecified atom stereocenters. The lowest BCUT2D eigenvalue weighted by atomic mass is 9.85. The Hall–Kier alpha value is -4.07. The van der Waals surface area contributed by atoms with Crippen molar-refractivity contribution in [3.63, 3.8) is 0 Å². The summed E-state index contributed by atoms with van der Waals surface area (Å²) < 4.78 is 0. The molecule has 0 saturated carbocycles. The van der Waals surface area contributed by atoms with E-state index in [4.69, 9.17) is 0 Å². The molecule has 1 aliphatic heterocycles. The molecule has 0 aliphatic carbocycles. The number of Topliss-reactive ketones (excluding diaryl/α,β-unsaturated/α-hetero) is 1. The van der Waals surface area contributed by atoms with Gasteiger partial charge in [-0.25, -0.2) is 0 Å². The summed E-state index contributed by atoms with van der Waals surface area (Å²) in [6, 6.07) is 15.2. The van der Waals surface area contributed by atoms with Crippen LogP contribution < -0.4 is 16.0 Å². The number of amides is 4.